The highest BCUT2D eigenvalue weighted by molar-refractivity contribution is 7.17. The number of halogens is 3. The van der Waals surface area contributed by atoms with Crippen molar-refractivity contribution in [1.29, 1.82) is 0 Å². The molecule has 0 aromatic carbocycles. The molecule has 5 nitrogen and oxygen atoms in total. The van der Waals surface area contributed by atoms with Gasteiger partial charge in [0, 0.05) is 18.0 Å². The SMILES string of the molecule is O=C1ON=C(C(F)(F)F)/C1=C/c1ccc(N2CCOCC2)s1. The van der Waals surface area contributed by atoms with Gasteiger partial charge in [0.25, 0.3) is 0 Å². The van der Waals surface area contributed by atoms with E-state index in [0.29, 0.717) is 18.1 Å². The lowest BCUT2D eigenvalue weighted by Gasteiger charge is -2.27. The fraction of sp³-hybridized carbons (Fsp3) is 0.385. The zero-order chi connectivity index (χ0) is 15.7. The van der Waals surface area contributed by atoms with Crippen molar-refractivity contribution >= 4 is 34.1 Å². The van der Waals surface area contributed by atoms with Crippen molar-refractivity contribution in [2.45, 2.75) is 6.18 Å². The highest BCUT2D eigenvalue weighted by atomic mass is 32.1. The predicted molar refractivity (Wildman–Crippen MR) is 74.9 cm³/mol. The average molecular weight is 332 g/mol. The van der Waals surface area contributed by atoms with Crippen molar-refractivity contribution in [1.82, 2.24) is 0 Å². The third-order valence-corrected chi connectivity index (χ3v) is 4.28. The summed E-state index contributed by atoms with van der Waals surface area (Å²) in [5.74, 6) is -1.09. The van der Waals surface area contributed by atoms with Crippen molar-refractivity contribution in [3.8, 4) is 0 Å². The Bertz CT molecular complexity index is 645. The van der Waals surface area contributed by atoms with Crippen LogP contribution in [0, 0.1) is 0 Å². The number of ether oxygens (including phenoxy) is 1. The molecule has 1 aromatic rings. The Morgan fingerprint density at radius 1 is 1.27 bits per heavy atom. The largest absolute Gasteiger partial charge is 0.437 e. The molecule has 0 N–H and O–H groups in total. The highest BCUT2D eigenvalue weighted by Gasteiger charge is 2.45. The lowest BCUT2D eigenvalue weighted by atomic mass is 10.1. The van der Waals surface area contributed by atoms with Crippen LogP contribution >= 0.6 is 11.3 Å². The van der Waals surface area contributed by atoms with Gasteiger partial charge in [-0.1, -0.05) is 5.16 Å². The van der Waals surface area contributed by atoms with E-state index in [2.05, 4.69) is 14.9 Å². The first-order valence-corrected chi connectivity index (χ1v) is 7.28. The summed E-state index contributed by atoms with van der Waals surface area (Å²) >= 11 is 1.30. The molecule has 1 aromatic heterocycles. The molecular weight excluding hydrogens is 321 g/mol. The van der Waals surface area contributed by atoms with Gasteiger partial charge in [-0.3, -0.25) is 0 Å². The molecule has 0 atom stereocenters. The van der Waals surface area contributed by atoms with Crippen LogP contribution in [0.3, 0.4) is 0 Å². The molecule has 0 saturated carbocycles. The van der Waals surface area contributed by atoms with Crippen LogP contribution in [0.1, 0.15) is 4.88 Å². The Balaban J connectivity index is 1.84. The average Bonchev–Trinajstić information content (AvgIpc) is 3.08. The Hall–Kier alpha value is -1.87. The monoisotopic (exact) mass is 332 g/mol. The summed E-state index contributed by atoms with van der Waals surface area (Å²) in [5, 5.41) is 3.74. The summed E-state index contributed by atoms with van der Waals surface area (Å²) in [5.41, 5.74) is -1.86. The van der Waals surface area contributed by atoms with Crippen LogP contribution < -0.4 is 4.90 Å². The number of carbonyl (C=O) groups is 1. The van der Waals surface area contributed by atoms with Gasteiger partial charge in [-0.2, -0.15) is 13.2 Å². The summed E-state index contributed by atoms with van der Waals surface area (Å²) in [7, 11) is 0. The van der Waals surface area contributed by atoms with Crippen LogP contribution in [-0.2, 0) is 14.4 Å². The minimum atomic E-state index is -4.72. The van der Waals surface area contributed by atoms with E-state index in [-0.39, 0.29) is 0 Å². The van der Waals surface area contributed by atoms with Crippen LogP contribution in [-0.4, -0.2) is 44.2 Å². The number of hydrogen-bond acceptors (Lipinski definition) is 6. The van der Waals surface area contributed by atoms with E-state index >= 15 is 0 Å². The molecule has 0 unspecified atom stereocenters. The quantitative estimate of drug-likeness (QED) is 0.617. The molecule has 0 radical (unpaired) electrons. The molecule has 0 aliphatic carbocycles. The van der Waals surface area contributed by atoms with E-state index in [9.17, 15) is 18.0 Å². The van der Waals surface area contributed by atoms with Gasteiger partial charge in [0.1, 0.15) is 0 Å². The molecule has 2 aliphatic heterocycles. The van der Waals surface area contributed by atoms with Gasteiger partial charge >= 0.3 is 12.1 Å². The smallest absolute Gasteiger partial charge is 0.378 e. The summed E-state index contributed by atoms with van der Waals surface area (Å²) in [6.45, 7) is 2.69. The minimum absolute atomic E-state index is 0.535. The number of oxime groups is 1. The first-order valence-electron chi connectivity index (χ1n) is 6.46. The molecule has 1 fully saturated rings. The molecule has 0 spiro atoms. The predicted octanol–water partition coefficient (Wildman–Crippen LogP) is 2.44. The molecule has 0 amide bonds. The number of nitrogens with zero attached hydrogens (tertiary/aromatic N) is 2. The van der Waals surface area contributed by atoms with Gasteiger partial charge in [0.2, 0.25) is 0 Å². The second-order valence-electron chi connectivity index (χ2n) is 4.65. The van der Waals surface area contributed by atoms with E-state index in [0.717, 1.165) is 24.2 Å². The second-order valence-corrected chi connectivity index (χ2v) is 5.74. The van der Waals surface area contributed by atoms with Gasteiger partial charge in [-0.05, 0) is 18.2 Å². The van der Waals surface area contributed by atoms with E-state index in [1.165, 1.54) is 11.3 Å². The lowest BCUT2D eigenvalue weighted by Crippen LogP contribution is -2.35. The van der Waals surface area contributed by atoms with E-state index in [1.807, 2.05) is 6.07 Å². The highest BCUT2D eigenvalue weighted by Crippen LogP contribution is 2.32. The summed E-state index contributed by atoms with van der Waals surface area (Å²) < 4.78 is 43.5. The van der Waals surface area contributed by atoms with Crippen molar-refractivity contribution in [3.63, 3.8) is 0 Å². The van der Waals surface area contributed by atoms with Crippen molar-refractivity contribution in [2.75, 3.05) is 31.2 Å². The zero-order valence-electron chi connectivity index (χ0n) is 11.2. The molecular formula is C13H11F3N2O3S. The maximum Gasteiger partial charge on any atom is 0.437 e. The first kappa shape index (κ1) is 15.0. The molecule has 118 valence electrons. The van der Waals surface area contributed by atoms with Gasteiger partial charge < -0.3 is 14.5 Å². The standard InChI is InChI=1S/C13H11F3N2O3S/c14-13(15,16)11-9(12(19)21-17-11)7-8-1-2-10(22-8)18-3-5-20-6-4-18/h1-2,7H,3-6H2/b9-7-. The molecule has 3 heterocycles. The Morgan fingerprint density at radius 2 is 2.00 bits per heavy atom. The third-order valence-electron chi connectivity index (χ3n) is 3.19. The molecule has 9 heteroatoms. The molecule has 22 heavy (non-hydrogen) atoms. The van der Waals surface area contributed by atoms with Crippen molar-refractivity contribution < 1.29 is 27.5 Å². The van der Waals surface area contributed by atoms with Crippen LogP contribution in [0.4, 0.5) is 18.2 Å². The Kier molecular flexibility index (Phi) is 3.92. The number of morpholine rings is 1. The molecule has 2 aliphatic rings. The van der Waals surface area contributed by atoms with Crippen LogP contribution in [0.2, 0.25) is 0 Å². The summed E-state index contributed by atoms with van der Waals surface area (Å²) in [6, 6.07) is 3.48. The van der Waals surface area contributed by atoms with Crippen LogP contribution in [0.15, 0.2) is 22.9 Å². The fourth-order valence-corrected chi connectivity index (χ4v) is 3.13. The second kappa shape index (κ2) is 5.73. The maximum absolute atomic E-state index is 12.8. The number of thiophene rings is 1. The lowest BCUT2D eigenvalue weighted by molar-refractivity contribution is -0.136. The summed E-state index contributed by atoms with van der Waals surface area (Å²) in [4.78, 5) is 18.2. The zero-order valence-corrected chi connectivity index (χ0v) is 12.0. The Morgan fingerprint density at radius 3 is 2.68 bits per heavy atom. The molecule has 0 bridgehead atoms. The van der Waals surface area contributed by atoms with Gasteiger partial charge in [-0.25, -0.2) is 4.79 Å². The van der Waals surface area contributed by atoms with E-state index in [1.54, 1.807) is 6.07 Å². The Labute approximate surface area is 127 Å². The first-order chi connectivity index (χ1) is 10.4. The topological polar surface area (TPSA) is 51.1 Å². The minimum Gasteiger partial charge on any atom is -0.378 e. The third kappa shape index (κ3) is 3.00. The van der Waals surface area contributed by atoms with Gasteiger partial charge in [-0.15, -0.1) is 11.3 Å². The number of rotatable bonds is 2. The van der Waals surface area contributed by atoms with Crippen molar-refractivity contribution in [2.24, 2.45) is 5.16 Å². The number of hydrogen-bond donors (Lipinski definition) is 0. The molecule has 3 rings (SSSR count). The van der Waals surface area contributed by atoms with Crippen molar-refractivity contribution in [3.05, 3.63) is 22.6 Å². The number of alkyl halides is 3. The van der Waals surface area contributed by atoms with E-state index in [4.69, 9.17) is 4.74 Å². The maximum atomic E-state index is 12.8. The number of carbonyl (C=O) groups excluding carboxylic acids is 1. The van der Waals surface area contributed by atoms with Crippen LogP contribution in [0.5, 0.6) is 0 Å². The number of anilines is 1. The molecule has 1 saturated heterocycles. The summed E-state index contributed by atoms with van der Waals surface area (Å²) in [6.07, 6.45) is -3.56. The van der Waals surface area contributed by atoms with E-state index < -0.39 is 23.4 Å². The normalized spacial score (nSPS) is 21.2. The van der Waals surface area contributed by atoms with Crippen LogP contribution in [0.25, 0.3) is 6.08 Å². The fourth-order valence-electron chi connectivity index (χ4n) is 2.13. The van der Waals surface area contributed by atoms with Gasteiger partial charge in [0.15, 0.2) is 5.71 Å². The van der Waals surface area contributed by atoms with Gasteiger partial charge in [0.05, 0.1) is 23.8 Å².